The van der Waals surface area contributed by atoms with Gasteiger partial charge in [0.15, 0.2) is 0 Å². The molecule has 0 bridgehead atoms. The minimum atomic E-state index is -4.44. The standard InChI is InChI=1S/C17H10F3N2.ClH.Pt/c18-17(19,20)14-10-12(15-5-1-3-7-21-15)9-13(11-14)16-6-2-4-8-22-16;;/h1-8,10-11H;1H;/q-1;;+2/p-1. The molecule has 24 heavy (non-hydrogen) atoms. The van der Waals surface area contributed by atoms with Gasteiger partial charge in [0.05, 0.1) is 0 Å². The van der Waals surface area contributed by atoms with Gasteiger partial charge in [-0.3, -0.25) is 9.97 Å². The van der Waals surface area contributed by atoms with Crippen molar-refractivity contribution in [2.24, 2.45) is 0 Å². The first-order chi connectivity index (χ1) is 11.5. The van der Waals surface area contributed by atoms with E-state index in [0.717, 1.165) is 12.1 Å². The summed E-state index contributed by atoms with van der Waals surface area (Å²) < 4.78 is 39.4. The Bertz CT molecular complexity index is 723. The van der Waals surface area contributed by atoms with Crippen LogP contribution in [0.25, 0.3) is 22.5 Å². The van der Waals surface area contributed by atoms with Crippen LogP contribution in [0.5, 0.6) is 0 Å². The second kappa shape index (κ2) is 8.41. The molecule has 0 spiro atoms. The summed E-state index contributed by atoms with van der Waals surface area (Å²) in [6, 6.07) is 15.2. The van der Waals surface area contributed by atoms with Crippen LogP contribution in [0.15, 0.2) is 60.9 Å². The number of aromatic nitrogens is 2. The van der Waals surface area contributed by atoms with Gasteiger partial charge < -0.3 is 0 Å². The van der Waals surface area contributed by atoms with E-state index in [4.69, 9.17) is 0 Å². The molecule has 3 aromatic rings. The minimum absolute atomic E-state index is 0.288. The number of hydrogen-bond acceptors (Lipinski definition) is 2. The summed E-state index contributed by atoms with van der Waals surface area (Å²) >= 11 is 1.61. The summed E-state index contributed by atoms with van der Waals surface area (Å²) in [6.07, 6.45) is -1.38. The molecule has 0 aliphatic carbocycles. The molecule has 0 unspecified atom stereocenters. The van der Waals surface area contributed by atoms with Gasteiger partial charge in [0.1, 0.15) is 0 Å². The molecule has 0 amide bonds. The van der Waals surface area contributed by atoms with Crippen molar-refractivity contribution in [2.75, 3.05) is 0 Å². The predicted molar refractivity (Wildman–Crippen MR) is 82.6 cm³/mol. The first kappa shape index (κ1) is 18.6. The molecule has 1 aromatic carbocycles. The topological polar surface area (TPSA) is 25.8 Å². The Morgan fingerprint density at radius 2 is 1.29 bits per heavy atom. The van der Waals surface area contributed by atoms with Crippen molar-refractivity contribution < 1.29 is 31.9 Å². The van der Waals surface area contributed by atoms with Crippen LogP contribution in [0.3, 0.4) is 0 Å². The normalized spacial score (nSPS) is 10.8. The molecule has 0 aliphatic rings. The molecule has 0 saturated heterocycles. The van der Waals surface area contributed by atoms with Gasteiger partial charge in [-0.25, -0.2) is 0 Å². The summed E-state index contributed by atoms with van der Waals surface area (Å²) in [7, 11) is 4.61. The molecule has 0 radical (unpaired) electrons. The first-order valence-electron chi connectivity index (χ1n) is 6.63. The molecule has 0 fully saturated rings. The van der Waals surface area contributed by atoms with Gasteiger partial charge in [0, 0.05) is 23.8 Å². The van der Waals surface area contributed by atoms with Crippen molar-refractivity contribution in [3.8, 4) is 22.5 Å². The molecule has 0 N–H and O–H groups in total. The molecule has 2 aromatic heterocycles. The van der Waals surface area contributed by atoms with Gasteiger partial charge in [-0.05, 0) is 17.7 Å². The number of alkyl halides is 3. The molecule has 2 heterocycles. The van der Waals surface area contributed by atoms with Gasteiger partial charge in [0.25, 0.3) is 0 Å². The molecule has 0 atom stereocenters. The average Bonchev–Trinajstić information content (AvgIpc) is 2.64. The van der Waals surface area contributed by atoms with Crippen LogP contribution in [0.1, 0.15) is 5.56 Å². The number of rotatable bonds is 2. The summed E-state index contributed by atoms with van der Waals surface area (Å²) in [5.41, 5.74) is 0.705. The van der Waals surface area contributed by atoms with Gasteiger partial charge in [0.2, 0.25) is 0 Å². The maximum absolute atomic E-state index is 13.1. The monoisotopic (exact) mass is 529 g/mol. The van der Waals surface area contributed by atoms with E-state index in [1.807, 2.05) is 0 Å². The molecule has 0 aliphatic heterocycles. The van der Waals surface area contributed by atoms with E-state index in [1.165, 1.54) is 12.4 Å². The Kier molecular flexibility index (Phi) is 6.52. The quantitative estimate of drug-likeness (QED) is 0.420. The number of nitrogens with zero attached hydrogens (tertiary/aromatic N) is 2. The van der Waals surface area contributed by atoms with Crippen molar-refractivity contribution in [3.05, 3.63) is 72.6 Å². The van der Waals surface area contributed by atoms with Crippen molar-refractivity contribution >= 4 is 9.42 Å². The number of hydrogen-bond donors (Lipinski definition) is 0. The molecule has 3 rings (SSSR count). The summed E-state index contributed by atoms with van der Waals surface area (Å²) in [6.45, 7) is 0. The molecule has 126 valence electrons. The van der Waals surface area contributed by atoms with Crippen molar-refractivity contribution in [2.45, 2.75) is 6.18 Å². The fraction of sp³-hybridized carbons (Fsp3) is 0.0588. The number of benzene rings is 1. The first-order valence-corrected chi connectivity index (χ1v) is 9.45. The van der Waals surface area contributed by atoms with Crippen LogP contribution < -0.4 is 0 Å². The van der Waals surface area contributed by atoms with Crippen molar-refractivity contribution in [1.29, 1.82) is 0 Å². The van der Waals surface area contributed by atoms with Crippen molar-refractivity contribution in [1.82, 2.24) is 9.97 Å². The Labute approximate surface area is 152 Å². The van der Waals surface area contributed by atoms with E-state index in [-0.39, 0.29) is 11.1 Å². The predicted octanol–water partition coefficient (Wildman–Crippen LogP) is 5.32. The van der Waals surface area contributed by atoms with Gasteiger partial charge in [-0.2, -0.15) is 13.2 Å². The fourth-order valence-electron chi connectivity index (χ4n) is 2.05. The van der Waals surface area contributed by atoms with Crippen molar-refractivity contribution in [3.63, 3.8) is 0 Å². The van der Waals surface area contributed by atoms with E-state index in [1.54, 1.807) is 55.2 Å². The Balaban J connectivity index is 0.00000100. The van der Waals surface area contributed by atoms with Crippen LogP contribution >= 0.6 is 9.42 Å². The molecular formula is C17H10ClF3N2Pt. The van der Waals surface area contributed by atoms with Crippen LogP contribution in [0.2, 0.25) is 0 Å². The van der Waals surface area contributed by atoms with Gasteiger partial charge >= 0.3 is 34.4 Å². The van der Waals surface area contributed by atoms with Gasteiger partial charge in [-0.15, -0.1) is 18.2 Å². The Morgan fingerprint density at radius 1 is 0.833 bits per heavy atom. The number of halogens is 4. The van der Waals surface area contributed by atoms with Gasteiger partial charge in [-0.1, -0.05) is 35.4 Å². The molecule has 2 nitrogen and oxygen atoms in total. The fourth-order valence-corrected chi connectivity index (χ4v) is 2.05. The zero-order valence-electron chi connectivity index (χ0n) is 12.0. The zero-order chi connectivity index (χ0) is 17.6. The molecular weight excluding hydrogens is 520 g/mol. The third-order valence-corrected chi connectivity index (χ3v) is 3.08. The average molecular weight is 530 g/mol. The maximum atomic E-state index is 13.1. The number of pyridine rings is 2. The third kappa shape index (κ3) is 4.65. The van der Waals surface area contributed by atoms with Crippen LogP contribution in [0.4, 0.5) is 13.2 Å². The van der Waals surface area contributed by atoms with E-state index < -0.39 is 11.7 Å². The third-order valence-electron chi connectivity index (χ3n) is 3.08. The van der Waals surface area contributed by atoms with E-state index in [2.05, 4.69) is 25.5 Å². The van der Waals surface area contributed by atoms with Crippen LogP contribution in [-0.4, -0.2) is 9.97 Å². The van der Waals surface area contributed by atoms with Crippen LogP contribution in [-0.2, 0) is 24.9 Å². The summed E-state index contributed by atoms with van der Waals surface area (Å²) in [5.74, 6) is 0. The van der Waals surface area contributed by atoms with E-state index in [0.29, 0.717) is 11.4 Å². The SMILES string of the molecule is FC(F)(F)c1cc(-c2ccccn2)[c-]c(-c2ccccn2)c1.[Cl][Pt+]. The summed E-state index contributed by atoms with van der Waals surface area (Å²) in [5, 5.41) is 0. The second-order valence-corrected chi connectivity index (χ2v) is 4.62. The summed E-state index contributed by atoms with van der Waals surface area (Å²) in [4.78, 5) is 8.18. The Hall–Kier alpha value is -1.71. The zero-order valence-corrected chi connectivity index (χ0v) is 15.0. The molecule has 0 saturated carbocycles. The second-order valence-electron chi connectivity index (χ2n) is 4.62. The van der Waals surface area contributed by atoms with Crippen LogP contribution in [0, 0.1) is 6.07 Å². The molecule has 7 heteroatoms. The Morgan fingerprint density at radius 3 is 1.62 bits per heavy atom. The van der Waals surface area contributed by atoms with E-state index in [9.17, 15) is 13.2 Å². The van der Waals surface area contributed by atoms with E-state index >= 15 is 0 Å².